The van der Waals surface area contributed by atoms with Gasteiger partial charge < -0.3 is 14.7 Å². The molecule has 1 atom stereocenters. The molecule has 1 fully saturated rings. The van der Waals surface area contributed by atoms with Crippen molar-refractivity contribution in [3.8, 4) is 0 Å². The summed E-state index contributed by atoms with van der Waals surface area (Å²) in [6, 6.07) is 3.07. The van der Waals surface area contributed by atoms with E-state index in [0.29, 0.717) is 11.3 Å². The van der Waals surface area contributed by atoms with E-state index in [1.165, 1.54) is 17.2 Å². The maximum atomic E-state index is 13.5. The number of nitrogens with one attached hydrogen (secondary N) is 1. The zero-order valence-electron chi connectivity index (χ0n) is 20.0. The minimum absolute atomic E-state index is 0.0431. The Hall–Kier alpha value is -3.71. The van der Waals surface area contributed by atoms with Crippen molar-refractivity contribution in [1.29, 1.82) is 0 Å². The number of benzene rings is 1. The number of aromatic amines is 1. The van der Waals surface area contributed by atoms with E-state index in [1.54, 1.807) is 19.2 Å². The lowest BCUT2D eigenvalue weighted by atomic mass is 9.93. The van der Waals surface area contributed by atoms with Crippen molar-refractivity contribution in [2.24, 2.45) is 5.84 Å². The summed E-state index contributed by atoms with van der Waals surface area (Å²) in [6.07, 6.45) is 3.15. The first-order valence-corrected chi connectivity index (χ1v) is 12.2. The van der Waals surface area contributed by atoms with E-state index < -0.39 is 44.5 Å². The van der Waals surface area contributed by atoms with E-state index in [2.05, 4.69) is 11.6 Å². The molecule has 3 rings (SSSR count). The molecule has 1 saturated heterocycles. The van der Waals surface area contributed by atoms with Gasteiger partial charge in [-0.3, -0.25) is 14.4 Å². The summed E-state index contributed by atoms with van der Waals surface area (Å²) in [6.45, 7) is 9.62. The summed E-state index contributed by atoms with van der Waals surface area (Å²) < 4.78 is 30.9. The molecule has 0 radical (unpaired) electrons. The van der Waals surface area contributed by atoms with E-state index in [9.17, 15) is 27.6 Å². The molecule has 0 bridgehead atoms. The van der Waals surface area contributed by atoms with Crippen LogP contribution in [0.4, 0.5) is 0 Å². The molecule has 3 N–H and O–H groups in total. The number of carbonyl (C=O) groups is 2. The van der Waals surface area contributed by atoms with E-state index in [0.717, 1.165) is 19.4 Å². The molecule has 1 aromatic heterocycles. The van der Waals surface area contributed by atoms with Crippen LogP contribution in [-0.2, 0) is 24.3 Å². The van der Waals surface area contributed by atoms with Crippen molar-refractivity contribution >= 4 is 38.5 Å². The number of amides is 1. The average molecular weight is 506 g/mol. The molecule has 1 aliphatic rings. The Morgan fingerprint density at radius 2 is 1.94 bits per heavy atom. The molecule has 13 heteroatoms. The maximum absolute atomic E-state index is 13.5. The number of H-pyrrole nitrogens is 1. The van der Waals surface area contributed by atoms with Gasteiger partial charge >= 0.3 is 17.6 Å². The van der Waals surface area contributed by atoms with Crippen LogP contribution < -0.4 is 21.5 Å². The van der Waals surface area contributed by atoms with Crippen LogP contribution in [0.1, 0.15) is 44.7 Å². The summed E-state index contributed by atoms with van der Waals surface area (Å²) in [5.41, 5.74) is -2.34. The third-order valence-corrected chi connectivity index (χ3v) is 7.27. The number of esters is 1. The Bertz CT molecular complexity index is 1500. The molecular formula is C22H27N5O7S. The molecule has 0 saturated carbocycles. The highest BCUT2D eigenvalue weighted by Crippen LogP contribution is 2.30. The number of carbonyl (C=O) groups excluding carboxylic acids is 2. The number of fused-ring (bicyclic) bond motifs is 1. The predicted molar refractivity (Wildman–Crippen MR) is 130 cm³/mol. The van der Waals surface area contributed by atoms with Crippen LogP contribution in [0.15, 0.2) is 40.5 Å². The van der Waals surface area contributed by atoms with Gasteiger partial charge in [-0.25, -0.2) is 19.1 Å². The monoisotopic (exact) mass is 505 g/mol. The van der Waals surface area contributed by atoms with E-state index in [4.69, 9.17) is 10.6 Å². The Labute approximate surface area is 201 Å². The molecule has 0 aliphatic carbocycles. The summed E-state index contributed by atoms with van der Waals surface area (Å²) in [7, 11) is -2.93. The van der Waals surface area contributed by atoms with E-state index >= 15 is 0 Å². The number of rotatable bonds is 6. The van der Waals surface area contributed by atoms with Gasteiger partial charge in [-0.2, -0.15) is 0 Å². The van der Waals surface area contributed by atoms with Gasteiger partial charge in [-0.1, -0.05) is 26.5 Å². The number of hydrogen-bond donors (Lipinski definition) is 2. The summed E-state index contributed by atoms with van der Waals surface area (Å²) >= 11 is 0. The molecule has 1 amide bonds. The maximum Gasteiger partial charge on any atom is 0.349 e. The lowest BCUT2D eigenvalue weighted by molar-refractivity contribution is -0.160. The second kappa shape index (κ2) is 8.82. The molecule has 1 aromatic carbocycles. The van der Waals surface area contributed by atoms with Gasteiger partial charge in [0.1, 0.15) is 5.75 Å². The quantitative estimate of drug-likeness (QED) is 0.243. The number of allylic oxidation sites excluding steroid dienone is 2. The Kier molecular flexibility index (Phi) is 6.53. The summed E-state index contributed by atoms with van der Waals surface area (Å²) in [5.74, 6) is 2.88. The fourth-order valence-corrected chi connectivity index (χ4v) is 5.89. The van der Waals surface area contributed by atoms with Crippen molar-refractivity contribution in [3.63, 3.8) is 0 Å². The van der Waals surface area contributed by atoms with Crippen molar-refractivity contribution in [2.75, 3.05) is 17.2 Å². The molecule has 2 aromatic rings. The molecule has 188 valence electrons. The van der Waals surface area contributed by atoms with Crippen LogP contribution in [0.2, 0.25) is 0 Å². The Morgan fingerprint density at radius 3 is 2.46 bits per heavy atom. The van der Waals surface area contributed by atoms with Crippen molar-refractivity contribution in [1.82, 2.24) is 14.7 Å². The van der Waals surface area contributed by atoms with E-state index in [-0.39, 0.29) is 25.9 Å². The Balaban J connectivity index is 2.37. The number of aromatic nitrogens is 2. The van der Waals surface area contributed by atoms with Crippen LogP contribution in [0.3, 0.4) is 0 Å². The van der Waals surface area contributed by atoms with Gasteiger partial charge in [-0.15, -0.1) is 9.09 Å². The third-order valence-electron chi connectivity index (χ3n) is 5.50. The molecule has 1 unspecified atom stereocenters. The number of sulfonamides is 1. The van der Waals surface area contributed by atoms with Crippen LogP contribution in [-0.4, -0.2) is 53.4 Å². The highest BCUT2D eigenvalue weighted by molar-refractivity contribution is 7.93. The van der Waals surface area contributed by atoms with Gasteiger partial charge in [0.05, 0.1) is 16.6 Å². The SMILES string of the molecule is C=C/C=C(/c1cc2c(=O)n(N3C(=O)C(C)(OC(C)=O)CS3(=O)=O)c(=O)[nH]c2cc1C(C)C)N(C)N. The van der Waals surface area contributed by atoms with Crippen LogP contribution in [0, 0.1) is 0 Å². The zero-order valence-corrected chi connectivity index (χ0v) is 20.8. The summed E-state index contributed by atoms with van der Waals surface area (Å²) in [4.78, 5) is 53.4. The Morgan fingerprint density at radius 1 is 1.31 bits per heavy atom. The van der Waals surface area contributed by atoms with Gasteiger partial charge in [-0.05, 0) is 36.6 Å². The molecule has 1 aliphatic heterocycles. The number of ether oxygens (including phenoxy) is 1. The number of nitrogens with two attached hydrogens (primary N) is 1. The highest BCUT2D eigenvalue weighted by atomic mass is 32.2. The average Bonchev–Trinajstić information content (AvgIpc) is 2.89. The van der Waals surface area contributed by atoms with Crippen molar-refractivity contribution in [2.45, 2.75) is 39.2 Å². The van der Waals surface area contributed by atoms with Gasteiger partial charge in [0, 0.05) is 19.5 Å². The first kappa shape index (κ1) is 25.9. The molecule has 35 heavy (non-hydrogen) atoms. The lowest BCUT2D eigenvalue weighted by Gasteiger charge is -2.23. The fourth-order valence-electron chi connectivity index (χ4n) is 4.05. The summed E-state index contributed by atoms with van der Waals surface area (Å²) in [5, 5.41) is 1.27. The van der Waals surface area contributed by atoms with Crippen LogP contribution >= 0.6 is 0 Å². The third kappa shape index (κ3) is 4.39. The normalized spacial score (nSPS) is 19.9. The van der Waals surface area contributed by atoms with Crippen molar-refractivity contribution in [3.05, 3.63) is 62.8 Å². The second-order valence-corrected chi connectivity index (χ2v) is 10.5. The lowest BCUT2D eigenvalue weighted by Crippen LogP contribution is -2.55. The first-order chi connectivity index (χ1) is 16.1. The highest BCUT2D eigenvalue weighted by Gasteiger charge is 2.57. The van der Waals surface area contributed by atoms with Crippen LogP contribution in [0.5, 0.6) is 0 Å². The minimum Gasteiger partial charge on any atom is -0.448 e. The van der Waals surface area contributed by atoms with Gasteiger partial charge in [0.15, 0.2) is 0 Å². The fraction of sp³-hybridized carbons (Fsp3) is 0.364. The standard InChI is InChI=1S/C22H27N5O7S/c1-7-8-18(25(6)23)15-9-16-17(10-14(15)12(2)3)24-21(31)26(19(16)29)27-20(30)22(5,34-13(4)28)11-35(27,32)33/h7-10,12H,1,11,23H2,2-6H3,(H,24,31)/b18-8-. The first-order valence-electron chi connectivity index (χ1n) is 10.6. The predicted octanol–water partition coefficient (Wildman–Crippen LogP) is 0.275. The topological polar surface area (TPSA) is 165 Å². The van der Waals surface area contributed by atoms with Crippen LogP contribution in [0.25, 0.3) is 16.6 Å². The molecule has 2 heterocycles. The molecule has 12 nitrogen and oxygen atoms in total. The van der Waals surface area contributed by atoms with Gasteiger partial charge in [0.2, 0.25) is 5.60 Å². The zero-order chi connectivity index (χ0) is 26.5. The van der Waals surface area contributed by atoms with Gasteiger partial charge in [0.25, 0.3) is 15.6 Å². The molecular weight excluding hydrogens is 478 g/mol. The smallest absolute Gasteiger partial charge is 0.349 e. The minimum atomic E-state index is -4.53. The number of nitrogens with zero attached hydrogens (tertiary/aromatic N) is 3. The largest absolute Gasteiger partial charge is 0.448 e. The van der Waals surface area contributed by atoms with Crippen molar-refractivity contribution < 1.29 is 22.7 Å². The van der Waals surface area contributed by atoms with E-state index in [1.807, 2.05) is 13.8 Å². The molecule has 0 spiro atoms. The number of hydrazine groups is 1. The second-order valence-electron chi connectivity index (χ2n) is 8.71. The number of hydrogen-bond acceptors (Lipinski definition) is 9.